The molecule has 1 heterocycles. The van der Waals surface area contributed by atoms with E-state index in [-0.39, 0.29) is 24.0 Å². The minimum Gasteiger partial charge on any atom is -0.385 e. The van der Waals surface area contributed by atoms with Crippen LogP contribution in [0.4, 0.5) is 0 Å². The SMILES string of the molecule is CN=C(NCc1cccc(CN2CCOC(C)C2)c1)NCC1(CCOC)CCCC1.I. The molecule has 176 valence electrons. The van der Waals surface area contributed by atoms with Crippen LogP contribution in [0.1, 0.15) is 50.2 Å². The van der Waals surface area contributed by atoms with Gasteiger partial charge in [-0.2, -0.15) is 0 Å². The fourth-order valence-electron chi connectivity index (χ4n) is 4.77. The number of benzene rings is 1. The molecule has 0 bridgehead atoms. The van der Waals surface area contributed by atoms with Gasteiger partial charge in [0.25, 0.3) is 0 Å². The summed E-state index contributed by atoms with van der Waals surface area (Å²) in [6.45, 7) is 8.55. The zero-order valence-corrected chi connectivity index (χ0v) is 21.8. The molecule has 1 aromatic carbocycles. The summed E-state index contributed by atoms with van der Waals surface area (Å²) in [6, 6.07) is 8.86. The van der Waals surface area contributed by atoms with Crippen molar-refractivity contribution in [2.45, 2.75) is 58.2 Å². The topological polar surface area (TPSA) is 58.1 Å². The Morgan fingerprint density at radius 3 is 2.74 bits per heavy atom. The molecule has 7 heteroatoms. The van der Waals surface area contributed by atoms with Gasteiger partial charge >= 0.3 is 0 Å². The highest BCUT2D eigenvalue weighted by Crippen LogP contribution is 2.40. The molecule has 0 aromatic heterocycles. The number of hydrogen-bond acceptors (Lipinski definition) is 4. The van der Waals surface area contributed by atoms with Crippen LogP contribution < -0.4 is 10.6 Å². The summed E-state index contributed by atoms with van der Waals surface area (Å²) in [5.41, 5.74) is 2.99. The fourth-order valence-corrected chi connectivity index (χ4v) is 4.77. The Morgan fingerprint density at radius 1 is 1.26 bits per heavy atom. The van der Waals surface area contributed by atoms with Crippen LogP contribution in [-0.4, -0.2) is 64.0 Å². The van der Waals surface area contributed by atoms with Crippen LogP contribution in [0.25, 0.3) is 0 Å². The first-order valence-corrected chi connectivity index (χ1v) is 11.5. The van der Waals surface area contributed by atoms with E-state index in [1.807, 2.05) is 7.05 Å². The maximum Gasteiger partial charge on any atom is 0.191 e. The third kappa shape index (κ3) is 8.51. The molecule has 1 saturated carbocycles. The fraction of sp³-hybridized carbons (Fsp3) is 0.708. The second-order valence-electron chi connectivity index (χ2n) is 8.97. The summed E-state index contributed by atoms with van der Waals surface area (Å²) < 4.78 is 11.0. The van der Waals surface area contributed by atoms with Crippen molar-refractivity contribution >= 4 is 29.9 Å². The van der Waals surface area contributed by atoms with Gasteiger partial charge in [0.1, 0.15) is 0 Å². The Balaban J connectivity index is 0.00000341. The van der Waals surface area contributed by atoms with E-state index in [1.54, 1.807) is 7.11 Å². The van der Waals surface area contributed by atoms with Gasteiger partial charge < -0.3 is 20.1 Å². The second-order valence-corrected chi connectivity index (χ2v) is 8.97. The Bertz CT molecular complexity index is 679. The lowest BCUT2D eigenvalue weighted by Crippen LogP contribution is -2.43. The number of nitrogens with zero attached hydrogens (tertiary/aromatic N) is 2. The number of ether oxygens (including phenoxy) is 2. The molecule has 2 N–H and O–H groups in total. The molecule has 2 aliphatic rings. The van der Waals surface area contributed by atoms with E-state index >= 15 is 0 Å². The maximum absolute atomic E-state index is 5.66. The number of hydrogen-bond donors (Lipinski definition) is 2. The molecule has 1 atom stereocenters. The molecule has 0 spiro atoms. The first kappa shape index (κ1) is 26.4. The summed E-state index contributed by atoms with van der Waals surface area (Å²) in [4.78, 5) is 6.92. The number of aliphatic imine (C=N–C) groups is 1. The Labute approximate surface area is 205 Å². The smallest absolute Gasteiger partial charge is 0.191 e. The van der Waals surface area contributed by atoms with Crippen LogP contribution >= 0.6 is 24.0 Å². The zero-order chi connectivity index (χ0) is 21.2. The minimum atomic E-state index is 0. The molecule has 2 fully saturated rings. The average Bonchev–Trinajstić information content (AvgIpc) is 3.22. The number of nitrogens with one attached hydrogen (secondary N) is 2. The van der Waals surface area contributed by atoms with Crippen molar-refractivity contribution in [2.75, 3.05) is 47.0 Å². The lowest BCUT2D eigenvalue weighted by Gasteiger charge is -2.31. The molecule has 0 amide bonds. The molecule has 6 nitrogen and oxygen atoms in total. The normalized spacial score (nSPS) is 21.5. The number of morpholine rings is 1. The lowest BCUT2D eigenvalue weighted by atomic mass is 9.83. The molecular weight excluding hydrogens is 503 g/mol. The van der Waals surface area contributed by atoms with Gasteiger partial charge in [0, 0.05) is 53.5 Å². The minimum absolute atomic E-state index is 0. The third-order valence-electron chi connectivity index (χ3n) is 6.54. The van der Waals surface area contributed by atoms with Crippen LogP contribution in [0.2, 0.25) is 0 Å². The molecule has 1 aromatic rings. The maximum atomic E-state index is 5.66. The highest BCUT2D eigenvalue weighted by molar-refractivity contribution is 14.0. The lowest BCUT2D eigenvalue weighted by molar-refractivity contribution is -0.0212. The van der Waals surface area contributed by atoms with Crippen molar-refractivity contribution in [3.8, 4) is 0 Å². The van der Waals surface area contributed by atoms with Crippen molar-refractivity contribution in [3.05, 3.63) is 35.4 Å². The predicted molar refractivity (Wildman–Crippen MR) is 138 cm³/mol. The Kier molecular flexibility index (Phi) is 11.6. The second kappa shape index (κ2) is 13.6. The van der Waals surface area contributed by atoms with E-state index in [4.69, 9.17) is 9.47 Å². The van der Waals surface area contributed by atoms with Crippen LogP contribution in [0.3, 0.4) is 0 Å². The Hall–Kier alpha value is -0.900. The van der Waals surface area contributed by atoms with E-state index < -0.39 is 0 Å². The predicted octanol–water partition coefficient (Wildman–Crippen LogP) is 3.79. The summed E-state index contributed by atoms with van der Waals surface area (Å²) in [5, 5.41) is 7.07. The van der Waals surface area contributed by atoms with Crippen LogP contribution in [0.5, 0.6) is 0 Å². The molecular formula is C24H41IN4O2. The van der Waals surface area contributed by atoms with Gasteiger partial charge in [0.2, 0.25) is 0 Å². The van der Waals surface area contributed by atoms with Crippen LogP contribution in [0, 0.1) is 5.41 Å². The molecule has 3 rings (SSSR count). The van der Waals surface area contributed by atoms with Gasteiger partial charge in [0.15, 0.2) is 5.96 Å². The monoisotopic (exact) mass is 544 g/mol. The summed E-state index contributed by atoms with van der Waals surface area (Å²) in [7, 11) is 3.64. The molecule has 0 radical (unpaired) electrons. The first-order chi connectivity index (χ1) is 14.6. The molecule has 1 saturated heterocycles. The van der Waals surface area contributed by atoms with E-state index in [0.29, 0.717) is 11.5 Å². The van der Waals surface area contributed by atoms with Crippen molar-refractivity contribution in [1.29, 1.82) is 0 Å². The number of rotatable bonds is 9. The third-order valence-corrected chi connectivity index (χ3v) is 6.54. The van der Waals surface area contributed by atoms with Crippen LogP contribution in [-0.2, 0) is 22.6 Å². The number of methoxy groups -OCH3 is 1. The number of guanidine groups is 1. The van der Waals surface area contributed by atoms with Gasteiger partial charge in [0.05, 0.1) is 12.7 Å². The van der Waals surface area contributed by atoms with Gasteiger partial charge in [-0.25, -0.2) is 0 Å². The zero-order valence-electron chi connectivity index (χ0n) is 19.5. The van der Waals surface area contributed by atoms with E-state index in [0.717, 1.165) is 58.3 Å². The molecule has 31 heavy (non-hydrogen) atoms. The first-order valence-electron chi connectivity index (χ1n) is 11.5. The highest BCUT2D eigenvalue weighted by atomic mass is 127. The molecule has 1 unspecified atom stereocenters. The summed E-state index contributed by atoms with van der Waals surface area (Å²) in [5.74, 6) is 0.881. The van der Waals surface area contributed by atoms with E-state index in [9.17, 15) is 0 Å². The van der Waals surface area contributed by atoms with Crippen LogP contribution in [0.15, 0.2) is 29.3 Å². The molecule has 1 aliphatic carbocycles. The quantitative estimate of drug-likeness (QED) is 0.282. The van der Waals surface area contributed by atoms with Gasteiger partial charge in [-0.3, -0.25) is 9.89 Å². The van der Waals surface area contributed by atoms with Gasteiger partial charge in [-0.05, 0) is 42.7 Å². The van der Waals surface area contributed by atoms with Crippen molar-refractivity contribution in [2.24, 2.45) is 10.4 Å². The van der Waals surface area contributed by atoms with Gasteiger partial charge in [-0.15, -0.1) is 24.0 Å². The summed E-state index contributed by atoms with van der Waals surface area (Å²) >= 11 is 0. The van der Waals surface area contributed by atoms with E-state index in [2.05, 4.69) is 51.7 Å². The molecule has 1 aliphatic heterocycles. The van der Waals surface area contributed by atoms with E-state index in [1.165, 1.54) is 36.8 Å². The van der Waals surface area contributed by atoms with Crippen molar-refractivity contribution in [3.63, 3.8) is 0 Å². The summed E-state index contributed by atoms with van der Waals surface area (Å²) in [6.07, 6.45) is 6.66. The highest BCUT2D eigenvalue weighted by Gasteiger charge is 2.33. The van der Waals surface area contributed by atoms with Crippen molar-refractivity contribution < 1.29 is 9.47 Å². The average molecular weight is 545 g/mol. The van der Waals surface area contributed by atoms with Crippen molar-refractivity contribution in [1.82, 2.24) is 15.5 Å². The standard InChI is InChI=1S/C24H40N4O2.HI/c1-20-17-28(12-14-30-20)18-22-8-6-7-21(15-22)16-26-23(25-2)27-19-24(11-13-29-3)9-4-5-10-24;/h6-8,15,20H,4-5,9-14,16-19H2,1-3H3,(H2,25,26,27);1H. The van der Waals surface area contributed by atoms with Gasteiger partial charge in [-0.1, -0.05) is 37.1 Å². The number of halogens is 1. The largest absolute Gasteiger partial charge is 0.385 e. The Morgan fingerprint density at radius 2 is 2.03 bits per heavy atom.